The summed E-state index contributed by atoms with van der Waals surface area (Å²) in [5.74, 6) is 0. The van der Waals surface area contributed by atoms with Gasteiger partial charge in [-0.3, -0.25) is 0 Å². The molecule has 292 valence electrons. The van der Waals surface area contributed by atoms with Gasteiger partial charge in [0.2, 0.25) is 0 Å². The van der Waals surface area contributed by atoms with Crippen LogP contribution < -0.4 is 4.90 Å². The molecule has 3 nitrogen and oxygen atoms in total. The molecule has 0 unspecified atom stereocenters. The van der Waals surface area contributed by atoms with Crippen LogP contribution in [0.2, 0.25) is 0 Å². The smallest absolute Gasteiger partial charge is 0.135 e. The highest BCUT2D eigenvalue weighted by Gasteiger charge is 2.37. The normalized spacial score (nSPS) is 13.1. The number of fused-ring (bicyclic) bond motifs is 11. The summed E-state index contributed by atoms with van der Waals surface area (Å²) in [6.07, 6.45) is 0. The number of rotatable bonds is 5. The Morgan fingerprint density at radius 2 is 1.02 bits per heavy atom. The van der Waals surface area contributed by atoms with Crippen LogP contribution in [-0.2, 0) is 5.41 Å². The van der Waals surface area contributed by atoms with Crippen LogP contribution in [-0.4, -0.2) is 4.57 Å². The van der Waals surface area contributed by atoms with Crippen LogP contribution in [0.25, 0.3) is 93.2 Å². The van der Waals surface area contributed by atoms with Crippen LogP contribution in [0.15, 0.2) is 211 Å². The molecule has 12 aromatic rings. The topological polar surface area (TPSA) is 21.3 Å². The van der Waals surface area contributed by atoms with Gasteiger partial charge in [-0.1, -0.05) is 135 Å². The van der Waals surface area contributed by atoms with Gasteiger partial charge in [0, 0.05) is 49.6 Å². The monoisotopic (exact) mass is 792 g/mol. The third-order valence-corrected chi connectivity index (χ3v) is 13.5. The first-order valence-electron chi connectivity index (χ1n) is 21.5. The van der Waals surface area contributed by atoms with Crippen molar-refractivity contribution in [1.29, 1.82) is 0 Å². The van der Waals surface area contributed by atoms with Crippen LogP contribution in [0.5, 0.6) is 0 Å². The quantitative estimate of drug-likeness (QED) is 0.173. The molecule has 13 rings (SSSR count). The van der Waals surface area contributed by atoms with Gasteiger partial charge in [0.1, 0.15) is 11.2 Å². The summed E-state index contributed by atoms with van der Waals surface area (Å²) in [5.41, 5.74) is 16.2. The Labute approximate surface area is 359 Å². The van der Waals surface area contributed by atoms with Gasteiger partial charge < -0.3 is 13.9 Å². The average Bonchev–Trinajstić information content (AvgIpc) is 3.92. The number of aromatic nitrogens is 1. The lowest BCUT2D eigenvalue weighted by atomic mass is 9.82. The highest BCUT2D eigenvalue weighted by Crippen LogP contribution is 2.54. The van der Waals surface area contributed by atoms with Crippen molar-refractivity contribution in [2.75, 3.05) is 4.90 Å². The van der Waals surface area contributed by atoms with Crippen molar-refractivity contribution in [3.63, 3.8) is 0 Å². The molecule has 1 aliphatic carbocycles. The number of hydrogen-bond donors (Lipinski definition) is 0. The number of hydrogen-bond acceptors (Lipinski definition) is 2. The maximum absolute atomic E-state index is 6.59. The first-order valence-corrected chi connectivity index (χ1v) is 21.5. The van der Waals surface area contributed by atoms with Crippen molar-refractivity contribution in [3.8, 4) is 27.9 Å². The summed E-state index contributed by atoms with van der Waals surface area (Å²) in [5, 5.41) is 9.58. The summed E-state index contributed by atoms with van der Waals surface area (Å²) in [6.45, 7) is 4.70. The maximum Gasteiger partial charge on any atom is 0.135 e. The Morgan fingerprint density at radius 1 is 0.419 bits per heavy atom. The molecule has 2 heterocycles. The van der Waals surface area contributed by atoms with Crippen molar-refractivity contribution in [2.45, 2.75) is 19.3 Å². The molecule has 3 heteroatoms. The molecule has 0 saturated carbocycles. The minimum absolute atomic E-state index is 0.120. The van der Waals surface area contributed by atoms with E-state index in [1.807, 2.05) is 0 Å². The summed E-state index contributed by atoms with van der Waals surface area (Å²) in [6, 6.07) is 75.5. The second-order valence-corrected chi connectivity index (χ2v) is 17.4. The number of furan rings is 1. The second-order valence-electron chi connectivity index (χ2n) is 17.4. The van der Waals surface area contributed by atoms with Gasteiger partial charge in [-0.2, -0.15) is 0 Å². The minimum atomic E-state index is -0.120. The van der Waals surface area contributed by atoms with E-state index in [1.54, 1.807) is 0 Å². The molecule has 0 fully saturated rings. The van der Waals surface area contributed by atoms with Crippen LogP contribution in [0.3, 0.4) is 0 Å². The molecule has 0 saturated heterocycles. The molecule has 0 atom stereocenters. The fourth-order valence-electron chi connectivity index (χ4n) is 10.5. The van der Waals surface area contributed by atoms with E-state index in [2.05, 4.69) is 230 Å². The lowest BCUT2D eigenvalue weighted by Gasteiger charge is -2.29. The van der Waals surface area contributed by atoms with E-state index in [9.17, 15) is 0 Å². The Morgan fingerprint density at radius 3 is 1.84 bits per heavy atom. The van der Waals surface area contributed by atoms with Crippen LogP contribution in [0, 0.1) is 0 Å². The Balaban J connectivity index is 1.000. The molecule has 10 aromatic carbocycles. The predicted molar refractivity (Wildman–Crippen MR) is 261 cm³/mol. The SMILES string of the molecule is CC1(C)c2ccccc2-c2c(N(c3ccc4ccccc4c3)c3ccc4oc5ccc(-c6ccc7c(c6)c6cc8ccccc8cc6n7-c6ccccc6)cc5c4c3)cccc21. The van der Waals surface area contributed by atoms with Gasteiger partial charge in [-0.25, -0.2) is 0 Å². The lowest BCUT2D eigenvalue weighted by Crippen LogP contribution is -2.16. The molecule has 0 N–H and O–H groups in total. The molecule has 0 bridgehead atoms. The highest BCUT2D eigenvalue weighted by molar-refractivity contribution is 6.15. The lowest BCUT2D eigenvalue weighted by molar-refractivity contribution is 0.660. The van der Waals surface area contributed by atoms with E-state index < -0.39 is 0 Å². The van der Waals surface area contributed by atoms with Crippen molar-refractivity contribution < 1.29 is 4.42 Å². The third kappa shape index (κ3) is 5.12. The number of para-hydroxylation sites is 1. The van der Waals surface area contributed by atoms with E-state index in [1.165, 1.54) is 76.9 Å². The van der Waals surface area contributed by atoms with Gasteiger partial charge in [-0.15, -0.1) is 0 Å². The summed E-state index contributed by atoms with van der Waals surface area (Å²) in [4.78, 5) is 2.45. The first kappa shape index (κ1) is 34.9. The zero-order valence-electron chi connectivity index (χ0n) is 34.4. The van der Waals surface area contributed by atoms with Crippen molar-refractivity contribution >= 4 is 82.4 Å². The molecular weight excluding hydrogens is 753 g/mol. The number of benzene rings is 10. The average molecular weight is 793 g/mol. The highest BCUT2D eigenvalue weighted by atomic mass is 16.3. The van der Waals surface area contributed by atoms with E-state index in [4.69, 9.17) is 4.42 Å². The Hall–Kier alpha value is -7.88. The van der Waals surface area contributed by atoms with E-state index >= 15 is 0 Å². The molecule has 0 amide bonds. The predicted octanol–water partition coefficient (Wildman–Crippen LogP) is 16.4. The van der Waals surface area contributed by atoms with Crippen molar-refractivity contribution in [2.24, 2.45) is 0 Å². The second kappa shape index (κ2) is 13.1. The maximum atomic E-state index is 6.59. The Bertz CT molecular complexity index is 3790. The van der Waals surface area contributed by atoms with Crippen molar-refractivity contribution in [3.05, 3.63) is 217 Å². The van der Waals surface area contributed by atoms with Gasteiger partial charge in [0.05, 0.1) is 16.7 Å². The minimum Gasteiger partial charge on any atom is -0.456 e. The van der Waals surface area contributed by atoms with Gasteiger partial charge >= 0.3 is 0 Å². The molecule has 0 radical (unpaired) electrons. The van der Waals surface area contributed by atoms with Crippen LogP contribution in [0.1, 0.15) is 25.0 Å². The zero-order valence-corrected chi connectivity index (χ0v) is 34.4. The van der Waals surface area contributed by atoms with Gasteiger partial charge in [-0.05, 0) is 134 Å². The first-order chi connectivity index (χ1) is 30.5. The summed E-state index contributed by atoms with van der Waals surface area (Å²) < 4.78 is 9.00. The fraction of sp³-hybridized carbons (Fsp3) is 0.0508. The van der Waals surface area contributed by atoms with Crippen LogP contribution in [0.4, 0.5) is 17.1 Å². The van der Waals surface area contributed by atoms with E-state index in [0.717, 1.165) is 44.6 Å². The molecule has 2 aromatic heterocycles. The van der Waals surface area contributed by atoms with Crippen molar-refractivity contribution in [1.82, 2.24) is 4.57 Å². The molecule has 0 spiro atoms. The van der Waals surface area contributed by atoms with Gasteiger partial charge in [0.15, 0.2) is 0 Å². The molecule has 1 aliphatic rings. The summed E-state index contributed by atoms with van der Waals surface area (Å²) in [7, 11) is 0. The van der Waals surface area contributed by atoms with Gasteiger partial charge in [0.25, 0.3) is 0 Å². The Kier molecular flexibility index (Phi) is 7.36. The van der Waals surface area contributed by atoms with E-state index in [0.29, 0.717) is 0 Å². The fourth-order valence-corrected chi connectivity index (χ4v) is 10.5. The molecular formula is C59H40N2O. The zero-order chi connectivity index (χ0) is 41.1. The van der Waals surface area contributed by atoms with Crippen LogP contribution >= 0.6 is 0 Å². The molecule has 0 aliphatic heterocycles. The van der Waals surface area contributed by atoms with E-state index in [-0.39, 0.29) is 5.41 Å². The largest absolute Gasteiger partial charge is 0.456 e. The number of anilines is 3. The molecule has 62 heavy (non-hydrogen) atoms. The third-order valence-electron chi connectivity index (χ3n) is 13.5. The summed E-state index contributed by atoms with van der Waals surface area (Å²) >= 11 is 0. The standard InChI is InChI=1S/C59H40N2O/c1-59(2)51-20-11-10-19-46(51)58-52(59)21-12-22-54(58)60(44-26-23-37-13-6-7-14-38(37)31-44)45-27-30-57-50(36-45)49-34-42(25-29-56(49)62-57)41-24-28-53-47(33-41)48-32-39-15-8-9-16-40(39)35-55(48)61(53)43-17-4-3-5-18-43/h3-36H,1-2H3. The number of nitrogens with zero attached hydrogens (tertiary/aromatic N) is 2.